The van der Waals surface area contributed by atoms with Gasteiger partial charge in [-0.3, -0.25) is 4.79 Å². The van der Waals surface area contributed by atoms with Gasteiger partial charge in [0.15, 0.2) is 0 Å². The molecule has 3 N–H and O–H groups in total. The van der Waals surface area contributed by atoms with Crippen molar-refractivity contribution in [3.8, 4) is 5.75 Å². The molecule has 8 heteroatoms. The Morgan fingerprint density at radius 1 is 1.22 bits per heavy atom. The van der Waals surface area contributed by atoms with Crippen molar-refractivity contribution in [1.29, 1.82) is 0 Å². The smallest absolute Gasteiger partial charge is 0.251 e. The van der Waals surface area contributed by atoms with Gasteiger partial charge in [-0.1, -0.05) is 23.7 Å². The van der Waals surface area contributed by atoms with Gasteiger partial charge in [-0.15, -0.1) is 0 Å². The summed E-state index contributed by atoms with van der Waals surface area (Å²) in [6, 6.07) is 11.0. The molecule has 2 aromatic rings. The predicted octanol–water partition coefficient (Wildman–Crippen LogP) is 1.93. The molecule has 6 nitrogen and oxygen atoms in total. The molecule has 0 atom stereocenters. The minimum atomic E-state index is -3.99. The molecule has 0 fully saturated rings. The van der Waals surface area contributed by atoms with Gasteiger partial charge in [0, 0.05) is 17.1 Å². The molecule has 0 radical (unpaired) electrons. The van der Waals surface area contributed by atoms with Crippen LogP contribution in [0.2, 0.25) is 5.02 Å². The fourth-order valence-corrected chi connectivity index (χ4v) is 2.78. The maximum atomic E-state index is 12.2. The molecule has 0 saturated carbocycles. The van der Waals surface area contributed by atoms with E-state index in [0.717, 1.165) is 5.56 Å². The normalized spacial score (nSPS) is 11.1. The summed E-state index contributed by atoms with van der Waals surface area (Å²) in [7, 11) is -2.67. The van der Waals surface area contributed by atoms with Crippen LogP contribution in [0.5, 0.6) is 5.75 Å². The first-order chi connectivity index (χ1) is 10.8. The van der Waals surface area contributed by atoms with Crippen LogP contribution >= 0.6 is 11.6 Å². The Bertz CT molecular complexity index is 820. The summed E-state index contributed by atoms with van der Waals surface area (Å²) in [5.74, 6) is -0.339. The quantitative estimate of drug-likeness (QED) is 0.857. The maximum absolute atomic E-state index is 12.2. The van der Waals surface area contributed by atoms with Gasteiger partial charge in [0.2, 0.25) is 10.0 Å². The Hall–Kier alpha value is -2.09. The van der Waals surface area contributed by atoms with E-state index in [1.165, 1.54) is 25.3 Å². The van der Waals surface area contributed by atoms with Crippen LogP contribution in [0.25, 0.3) is 0 Å². The van der Waals surface area contributed by atoms with E-state index in [2.05, 4.69) is 5.32 Å². The van der Waals surface area contributed by atoms with Crippen LogP contribution < -0.4 is 15.2 Å². The van der Waals surface area contributed by atoms with Crippen LogP contribution in [0.1, 0.15) is 15.9 Å². The summed E-state index contributed by atoms with van der Waals surface area (Å²) in [5, 5.41) is 8.43. The first kappa shape index (κ1) is 17.3. The fraction of sp³-hybridized carbons (Fsp3) is 0.133. The summed E-state index contributed by atoms with van der Waals surface area (Å²) in [4.78, 5) is 11.9. The number of methoxy groups -OCH3 is 1. The number of hydrogen-bond donors (Lipinski definition) is 2. The Kier molecular flexibility index (Phi) is 5.25. The van der Waals surface area contributed by atoms with E-state index < -0.39 is 15.9 Å². The lowest BCUT2D eigenvalue weighted by molar-refractivity contribution is 0.0950. The number of halogens is 1. The summed E-state index contributed by atoms with van der Waals surface area (Å²) < 4.78 is 28.0. The molecule has 0 aromatic heterocycles. The number of benzene rings is 2. The van der Waals surface area contributed by atoms with Gasteiger partial charge in [0.05, 0.1) is 7.11 Å². The van der Waals surface area contributed by atoms with Gasteiger partial charge in [0.25, 0.3) is 5.91 Å². The molecule has 0 aliphatic carbocycles. The second-order valence-electron chi connectivity index (χ2n) is 4.72. The van der Waals surface area contributed by atoms with Crippen molar-refractivity contribution in [2.24, 2.45) is 5.14 Å². The number of nitrogens with two attached hydrogens (primary N) is 1. The third kappa shape index (κ3) is 4.44. The van der Waals surface area contributed by atoms with Gasteiger partial charge in [-0.05, 0) is 35.9 Å². The molecule has 0 spiro atoms. The van der Waals surface area contributed by atoms with E-state index in [0.29, 0.717) is 5.02 Å². The second kappa shape index (κ2) is 6.99. The summed E-state index contributed by atoms with van der Waals surface area (Å²) >= 11 is 5.79. The van der Waals surface area contributed by atoms with Crippen LogP contribution in [-0.4, -0.2) is 21.4 Å². The Balaban J connectivity index is 2.18. The van der Waals surface area contributed by atoms with Crippen LogP contribution in [0.3, 0.4) is 0 Å². The molecule has 1 amide bonds. The van der Waals surface area contributed by atoms with E-state index in [4.69, 9.17) is 21.5 Å². The number of nitrogens with one attached hydrogen (secondary N) is 1. The van der Waals surface area contributed by atoms with Crippen LogP contribution in [-0.2, 0) is 16.6 Å². The number of hydrogen-bond acceptors (Lipinski definition) is 4. The maximum Gasteiger partial charge on any atom is 0.251 e. The molecular formula is C15H15ClN2O4S. The topological polar surface area (TPSA) is 98.5 Å². The molecule has 0 aliphatic heterocycles. The summed E-state index contributed by atoms with van der Waals surface area (Å²) in [5.41, 5.74) is 1.03. The molecule has 2 aromatic carbocycles. The highest BCUT2D eigenvalue weighted by Gasteiger charge is 2.18. The van der Waals surface area contributed by atoms with Crippen molar-refractivity contribution in [3.63, 3.8) is 0 Å². The van der Waals surface area contributed by atoms with Gasteiger partial charge in [0.1, 0.15) is 10.6 Å². The zero-order valence-corrected chi connectivity index (χ0v) is 13.8. The second-order valence-corrected chi connectivity index (χ2v) is 6.69. The number of carbonyl (C=O) groups is 1. The number of amides is 1. The van der Waals surface area contributed by atoms with Gasteiger partial charge < -0.3 is 10.1 Å². The van der Waals surface area contributed by atoms with Gasteiger partial charge >= 0.3 is 0 Å². The summed E-state index contributed by atoms with van der Waals surface area (Å²) in [6.07, 6.45) is 0. The largest absolute Gasteiger partial charge is 0.495 e. The van der Waals surface area contributed by atoms with Crippen molar-refractivity contribution in [1.82, 2.24) is 5.32 Å². The van der Waals surface area contributed by atoms with Crippen molar-refractivity contribution < 1.29 is 17.9 Å². The first-order valence-electron chi connectivity index (χ1n) is 6.55. The molecule has 0 bridgehead atoms. The minimum Gasteiger partial charge on any atom is -0.495 e. The molecule has 0 saturated heterocycles. The van der Waals surface area contributed by atoms with Crippen LogP contribution in [0, 0.1) is 0 Å². The monoisotopic (exact) mass is 354 g/mol. The highest BCUT2D eigenvalue weighted by molar-refractivity contribution is 7.89. The molecule has 122 valence electrons. The van der Waals surface area contributed by atoms with E-state index in [9.17, 15) is 13.2 Å². The standard InChI is InChI=1S/C15H15ClN2O4S/c1-22-13-7-4-11(8-14(13)23(17,20)21)15(19)18-9-10-2-5-12(16)6-3-10/h2-8H,9H2,1H3,(H,18,19)(H2,17,20,21). The van der Waals surface area contributed by atoms with E-state index in [1.807, 2.05) is 0 Å². The molecule has 0 unspecified atom stereocenters. The Labute approximate surface area is 139 Å². The van der Waals surface area contributed by atoms with E-state index >= 15 is 0 Å². The van der Waals surface area contributed by atoms with Crippen molar-refractivity contribution in [2.75, 3.05) is 7.11 Å². The number of carbonyl (C=O) groups excluding carboxylic acids is 1. The average Bonchev–Trinajstić information content (AvgIpc) is 2.52. The zero-order chi connectivity index (χ0) is 17.0. The highest BCUT2D eigenvalue weighted by atomic mass is 35.5. The lowest BCUT2D eigenvalue weighted by atomic mass is 10.2. The number of ether oxygens (including phenoxy) is 1. The number of rotatable bonds is 5. The SMILES string of the molecule is COc1ccc(C(=O)NCc2ccc(Cl)cc2)cc1S(N)(=O)=O. The third-order valence-corrected chi connectivity index (χ3v) is 4.28. The zero-order valence-electron chi connectivity index (χ0n) is 12.2. The van der Waals surface area contributed by atoms with Gasteiger partial charge in [-0.2, -0.15) is 0 Å². The van der Waals surface area contributed by atoms with E-state index in [-0.39, 0.29) is 22.8 Å². The third-order valence-electron chi connectivity index (χ3n) is 3.10. The average molecular weight is 355 g/mol. The fourth-order valence-electron chi connectivity index (χ4n) is 1.93. The highest BCUT2D eigenvalue weighted by Crippen LogP contribution is 2.23. The first-order valence-corrected chi connectivity index (χ1v) is 8.47. The molecular weight excluding hydrogens is 340 g/mol. The van der Waals surface area contributed by atoms with Crippen molar-refractivity contribution >= 4 is 27.5 Å². The summed E-state index contributed by atoms with van der Waals surface area (Å²) in [6.45, 7) is 0.284. The minimum absolute atomic E-state index is 0.0850. The lowest BCUT2D eigenvalue weighted by Crippen LogP contribution is -2.23. The van der Waals surface area contributed by atoms with E-state index in [1.54, 1.807) is 24.3 Å². The molecule has 2 rings (SSSR count). The Morgan fingerprint density at radius 3 is 2.43 bits per heavy atom. The molecule has 0 heterocycles. The van der Waals surface area contributed by atoms with Gasteiger partial charge in [-0.25, -0.2) is 13.6 Å². The number of primary sulfonamides is 1. The lowest BCUT2D eigenvalue weighted by Gasteiger charge is -2.10. The molecule has 0 aliphatic rings. The van der Waals surface area contributed by atoms with Crippen LogP contribution in [0.15, 0.2) is 47.4 Å². The Morgan fingerprint density at radius 2 is 1.87 bits per heavy atom. The predicted molar refractivity (Wildman–Crippen MR) is 87.0 cm³/mol. The van der Waals surface area contributed by atoms with Crippen molar-refractivity contribution in [3.05, 3.63) is 58.6 Å². The van der Waals surface area contributed by atoms with Crippen molar-refractivity contribution in [2.45, 2.75) is 11.4 Å². The number of sulfonamides is 1. The molecule has 23 heavy (non-hydrogen) atoms. The van der Waals surface area contributed by atoms with Crippen LogP contribution in [0.4, 0.5) is 0 Å².